The highest BCUT2D eigenvalue weighted by molar-refractivity contribution is 6.06. The second-order valence-electron chi connectivity index (χ2n) is 11.8. The third-order valence-corrected chi connectivity index (χ3v) is 8.13. The Balaban J connectivity index is 1.50. The minimum atomic E-state index is -0.529. The maximum Gasteiger partial charge on any atom is 0.250 e. The number of nitrogens with one attached hydrogen (secondary N) is 2. The molecule has 0 unspecified atom stereocenters. The number of rotatable bonds is 7. The Kier molecular flexibility index (Phi) is 7.23. The number of nitrogens with zero attached hydrogens (tertiary/aromatic N) is 1. The standard InChI is InChI=1S/C31H37FN4O3/c1-4-13-34-30(39)18-5-9-21(10-6-18)35-24-14-19(7-11-22(24)29(33)38)28-23-12-8-20(32)15-25(23)36-26(28)16-31(2,3)17-27(36)37/h7-8,11-12,14-15,18,21,35H,4-6,9-10,13,16-17H2,1-3H3,(H2,33,38)(H,34,39). The number of hydrogen-bond donors (Lipinski definition) is 3. The van der Waals surface area contributed by atoms with E-state index in [1.165, 1.54) is 12.1 Å². The molecule has 0 spiro atoms. The smallest absolute Gasteiger partial charge is 0.250 e. The molecule has 8 heteroatoms. The molecule has 206 valence electrons. The molecule has 39 heavy (non-hydrogen) atoms. The summed E-state index contributed by atoms with van der Waals surface area (Å²) in [5.74, 6) is -0.836. The molecule has 1 aliphatic carbocycles. The first-order valence-electron chi connectivity index (χ1n) is 13.9. The summed E-state index contributed by atoms with van der Waals surface area (Å²) in [4.78, 5) is 38.0. The van der Waals surface area contributed by atoms with Crippen molar-refractivity contribution in [3.05, 3.63) is 53.5 Å². The number of primary amides is 1. The summed E-state index contributed by atoms with van der Waals surface area (Å²) >= 11 is 0. The fraction of sp³-hybridized carbons (Fsp3) is 0.452. The largest absolute Gasteiger partial charge is 0.382 e. The van der Waals surface area contributed by atoms with Gasteiger partial charge in [0, 0.05) is 47.3 Å². The van der Waals surface area contributed by atoms with Crippen LogP contribution in [-0.2, 0) is 11.2 Å². The zero-order valence-electron chi connectivity index (χ0n) is 22.9. The first kappa shape index (κ1) is 26.9. The Hall–Kier alpha value is -3.68. The van der Waals surface area contributed by atoms with Crippen molar-refractivity contribution < 1.29 is 18.8 Å². The quantitative estimate of drug-likeness (QED) is 0.365. The molecule has 2 aliphatic rings. The van der Waals surface area contributed by atoms with E-state index >= 15 is 0 Å². The van der Waals surface area contributed by atoms with Gasteiger partial charge in [0.2, 0.25) is 11.8 Å². The predicted molar refractivity (Wildman–Crippen MR) is 151 cm³/mol. The summed E-state index contributed by atoms with van der Waals surface area (Å²) < 4.78 is 16.0. The van der Waals surface area contributed by atoms with Crippen molar-refractivity contribution >= 4 is 34.3 Å². The number of anilines is 1. The van der Waals surface area contributed by atoms with E-state index in [1.807, 2.05) is 19.1 Å². The van der Waals surface area contributed by atoms with Gasteiger partial charge in [0.25, 0.3) is 5.91 Å². The van der Waals surface area contributed by atoms with E-state index in [4.69, 9.17) is 5.73 Å². The van der Waals surface area contributed by atoms with E-state index in [0.717, 1.165) is 54.3 Å². The lowest BCUT2D eigenvalue weighted by molar-refractivity contribution is -0.125. The minimum Gasteiger partial charge on any atom is -0.382 e. The first-order valence-corrected chi connectivity index (χ1v) is 13.9. The van der Waals surface area contributed by atoms with Gasteiger partial charge in [-0.05, 0) is 79.8 Å². The van der Waals surface area contributed by atoms with Crippen LogP contribution in [0.2, 0.25) is 0 Å². The highest BCUT2D eigenvalue weighted by Gasteiger charge is 2.35. The van der Waals surface area contributed by atoms with Crippen LogP contribution in [0.1, 0.15) is 80.1 Å². The number of nitrogens with two attached hydrogens (primary N) is 1. The molecule has 0 bridgehead atoms. The summed E-state index contributed by atoms with van der Waals surface area (Å²) in [6.07, 6.45) is 5.12. The van der Waals surface area contributed by atoms with Crippen LogP contribution in [0.4, 0.5) is 10.1 Å². The SMILES string of the molecule is CCCNC(=O)C1CCC(Nc2cc(-c3c4n(c5cc(F)ccc35)C(=O)CC(C)(C)C4)ccc2C(N)=O)CC1. The van der Waals surface area contributed by atoms with Gasteiger partial charge in [0.15, 0.2) is 0 Å². The molecule has 2 heterocycles. The van der Waals surface area contributed by atoms with Gasteiger partial charge in [-0.2, -0.15) is 0 Å². The highest BCUT2D eigenvalue weighted by atomic mass is 19.1. The van der Waals surface area contributed by atoms with Crippen LogP contribution in [0.3, 0.4) is 0 Å². The van der Waals surface area contributed by atoms with Crippen molar-refractivity contribution in [2.75, 3.05) is 11.9 Å². The molecule has 1 saturated carbocycles. The Morgan fingerprint density at radius 1 is 1.08 bits per heavy atom. The maximum atomic E-state index is 14.3. The van der Waals surface area contributed by atoms with Crippen molar-refractivity contribution in [3.8, 4) is 11.1 Å². The van der Waals surface area contributed by atoms with Gasteiger partial charge in [0.05, 0.1) is 11.1 Å². The van der Waals surface area contributed by atoms with Crippen molar-refractivity contribution in [1.82, 2.24) is 9.88 Å². The molecule has 7 nitrogen and oxygen atoms in total. The number of aromatic nitrogens is 1. The summed E-state index contributed by atoms with van der Waals surface area (Å²) in [6, 6.07) is 10.2. The van der Waals surface area contributed by atoms with Gasteiger partial charge >= 0.3 is 0 Å². The van der Waals surface area contributed by atoms with Gasteiger partial charge in [-0.1, -0.05) is 26.8 Å². The molecule has 1 aromatic heterocycles. The van der Waals surface area contributed by atoms with Gasteiger partial charge in [-0.15, -0.1) is 0 Å². The van der Waals surface area contributed by atoms with Crippen LogP contribution in [0.15, 0.2) is 36.4 Å². The normalized spacial score (nSPS) is 20.5. The second kappa shape index (κ2) is 10.5. The van der Waals surface area contributed by atoms with Gasteiger partial charge < -0.3 is 16.4 Å². The fourth-order valence-electron chi connectivity index (χ4n) is 6.24. The molecule has 1 aliphatic heterocycles. The van der Waals surface area contributed by atoms with E-state index < -0.39 is 11.7 Å². The number of carbonyl (C=O) groups is 3. The van der Waals surface area contributed by atoms with Crippen molar-refractivity contribution in [1.29, 1.82) is 0 Å². The Morgan fingerprint density at radius 3 is 2.51 bits per heavy atom. The fourth-order valence-corrected chi connectivity index (χ4v) is 6.24. The number of hydrogen-bond acceptors (Lipinski definition) is 4. The lowest BCUT2D eigenvalue weighted by Gasteiger charge is -2.31. The van der Waals surface area contributed by atoms with E-state index in [0.29, 0.717) is 36.2 Å². The molecule has 2 aromatic carbocycles. The number of fused-ring (bicyclic) bond motifs is 3. The molecule has 0 atom stereocenters. The first-order chi connectivity index (χ1) is 18.6. The van der Waals surface area contributed by atoms with E-state index in [-0.39, 0.29) is 29.2 Å². The average molecular weight is 533 g/mol. The van der Waals surface area contributed by atoms with Crippen LogP contribution < -0.4 is 16.4 Å². The van der Waals surface area contributed by atoms with Crippen LogP contribution in [0.25, 0.3) is 22.0 Å². The number of halogens is 1. The number of amides is 2. The zero-order valence-corrected chi connectivity index (χ0v) is 22.9. The maximum absolute atomic E-state index is 14.3. The van der Waals surface area contributed by atoms with Crippen molar-refractivity contribution in [3.63, 3.8) is 0 Å². The Bertz CT molecular complexity index is 1450. The highest BCUT2D eigenvalue weighted by Crippen LogP contribution is 2.43. The van der Waals surface area contributed by atoms with E-state index in [1.54, 1.807) is 16.7 Å². The minimum absolute atomic E-state index is 0.0112. The van der Waals surface area contributed by atoms with E-state index in [2.05, 4.69) is 24.5 Å². The molecule has 3 aromatic rings. The topological polar surface area (TPSA) is 106 Å². The molecule has 0 radical (unpaired) electrons. The molecule has 2 amide bonds. The molecule has 1 fully saturated rings. The third-order valence-electron chi connectivity index (χ3n) is 8.13. The van der Waals surface area contributed by atoms with Gasteiger partial charge in [-0.3, -0.25) is 19.0 Å². The summed E-state index contributed by atoms with van der Waals surface area (Å²) in [7, 11) is 0. The predicted octanol–water partition coefficient (Wildman–Crippen LogP) is 5.66. The lowest BCUT2D eigenvalue weighted by atomic mass is 9.80. The van der Waals surface area contributed by atoms with E-state index in [9.17, 15) is 18.8 Å². The van der Waals surface area contributed by atoms with Gasteiger partial charge in [0.1, 0.15) is 5.82 Å². The summed E-state index contributed by atoms with van der Waals surface area (Å²) in [6.45, 7) is 6.87. The lowest BCUT2D eigenvalue weighted by Crippen LogP contribution is -2.36. The average Bonchev–Trinajstić information content (AvgIpc) is 3.19. The zero-order chi connectivity index (χ0) is 27.9. The third kappa shape index (κ3) is 5.29. The molecular weight excluding hydrogens is 495 g/mol. The summed E-state index contributed by atoms with van der Waals surface area (Å²) in [5.41, 5.74) is 9.67. The number of carbonyl (C=O) groups excluding carboxylic acids is 3. The molecule has 0 saturated heterocycles. The van der Waals surface area contributed by atoms with Crippen LogP contribution in [0.5, 0.6) is 0 Å². The summed E-state index contributed by atoms with van der Waals surface area (Å²) in [5, 5.41) is 7.33. The van der Waals surface area contributed by atoms with Crippen LogP contribution in [-0.4, -0.2) is 34.9 Å². The Labute approximate surface area is 228 Å². The second-order valence-corrected chi connectivity index (χ2v) is 11.8. The van der Waals surface area contributed by atoms with Crippen molar-refractivity contribution in [2.24, 2.45) is 17.1 Å². The van der Waals surface area contributed by atoms with Crippen LogP contribution >= 0.6 is 0 Å². The number of benzene rings is 2. The van der Waals surface area contributed by atoms with Crippen molar-refractivity contribution in [2.45, 2.75) is 71.8 Å². The monoisotopic (exact) mass is 532 g/mol. The molecule has 5 rings (SSSR count). The Morgan fingerprint density at radius 2 is 1.82 bits per heavy atom. The van der Waals surface area contributed by atoms with Crippen LogP contribution in [0, 0.1) is 17.2 Å². The molecule has 4 N–H and O–H groups in total. The molecular formula is C31H37FN4O3. The van der Waals surface area contributed by atoms with Gasteiger partial charge in [-0.25, -0.2) is 4.39 Å².